The summed E-state index contributed by atoms with van der Waals surface area (Å²) < 4.78 is 5.24. The number of unbranched alkanes of at least 4 members (excludes halogenated alkanes) is 1. The minimum atomic E-state index is 0.204. The van der Waals surface area contributed by atoms with E-state index in [1.165, 1.54) is 0 Å². The predicted octanol–water partition coefficient (Wildman–Crippen LogP) is 2.44. The lowest BCUT2D eigenvalue weighted by atomic mass is 10.0. The Hall–Kier alpha value is -1.46. The highest BCUT2D eigenvalue weighted by Crippen LogP contribution is 2.21. The van der Waals surface area contributed by atoms with Gasteiger partial charge in [-0.2, -0.15) is 0 Å². The molecule has 0 aliphatic carbocycles. The van der Waals surface area contributed by atoms with Crippen LogP contribution >= 0.6 is 0 Å². The van der Waals surface area contributed by atoms with Crippen molar-refractivity contribution in [1.29, 1.82) is 0 Å². The second kappa shape index (κ2) is 6.19. The molecule has 1 rings (SSSR count). The topological polar surface area (TPSA) is 29.5 Å². The van der Waals surface area contributed by atoms with Crippen LogP contribution in [0.3, 0.4) is 0 Å². The largest absolute Gasteiger partial charge is 0.496 e. The molecule has 16 heavy (non-hydrogen) atoms. The number of benzene rings is 1. The van der Waals surface area contributed by atoms with Crippen LogP contribution in [0.4, 0.5) is 0 Å². The van der Waals surface area contributed by atoms with Crippen LogP contribution < -0.4 is 4.74 Å². The van der Waals surface area contributed by atoms with Crippen molar-refractivity contribution in [2.75, 3.05) is 13.7 Å². The number of hydrogen-bond acceptors (Lipinski definition) is 2. The second-order valence-electron chi connectivity index (χ2n) is 3.77. The zero-order valence-electron chi connectivity index (χ0n) is 10.1. The summed E-state index contributed by atoms with van der Waals surface area (Å²) in [5.41, 5.74) is 3.26. The molecule has 0 unspecified atom stereocenters. The van der Waals surface area contributed by atoms with Crippen LogP contribution in [0.1, 0.15) is 29.5 Å². The number of hydrogen-bond donors (Lipinski definition) is 1. The average molecular weight is 218 g/mol. The normalized spacial score (nSPS) is 9.50. The number of rotatable bonds is 3. The standard InChI is InChI=1S/C14H18O2/c1-11-10-14(16-3)12(2)9-13(11)7-5-4-6-8-15/h9-10,15H,4,6,8H2,1-3H3. The van der Waals surface area contributed by atoms with E-state index in [-0.39, 0.29) is 6.61 Å². The summed E-state index contributed by atoms with van der Waals surface area (Å²) in [4.78, 5) is 0. The molecule has 0 aromatic heterocycles. The summed E-state index contributed by atoms with van der Waals surface area (Å²) in [5.74, 6) is 7.08. The smallest absolute Gasteiger partial charge is 0.122 e. The van der Waals surface area contributed by atoms with Gasteiger partial charge in [0, 0.05) is 18.6 Å². The van der Waals surface area contributed by atoms with Crippen molar-refractivity contribution in [3.05, 3.63) is 28.8 Å². The fourth-order valence-corrected chi connectivity index (χ4v) is 1.47. The van der Waals surface area contributed by atoms with E-state index in [0.717, 1.165) is 35.3 Å². The first kappa shape index (κ1) is 12.6. The summed E-state index contributed by atoms with van der Waals surface area (Å²) in [6.45, 7) is 4.24. The quantitative estimate of drug-likeness (QED) is 0.623. The van der Waals surface area contributed by atoms with Crippen molar-refractivity contribution in [2.45, 2.75) is 26.7 Å². The molecule has 0 bridgehead atoms. The van der Waals surface area contributed by atoms with Gasteiger partial charge in [-0.25, -0.2) is 0 Å². The molecule has 0 radical (unpaired) electrons. The van der Waals surface area contributed by atoms with E-state index in [4.69, 9.17) is 9.84 Å². The first-order valence-electron chi connectivity index (χ1n) is 5.44. The third kappa shape index (κ3) is 3.29. The van der Waals surface area contributed by atoms with Gasteiger partial charge in [-0.1, -0.05) is 11.8 Å². The summed E-state index contributed by atoms with van der Waals surface area (Å²) in [6, 6.07) is 4.05. The fraction of sp³-hybridized carbons (Fsp3) is 0.429. The van der Waals surface area contributed by atoms with Gasteiger partial charge in [0.1, 0.15) is 5.75 Å². The predicted molar refractivity (Wildman–Crippen MR) is 65.7 cm³/mol. The molecule has 0 aliphatic rings. The molecule has 0 fully saturated rings. The van der Waals surface area contributed by atoms with Gasteiger partial charge < -0.3 is 9.84 Å². The monoisotopic (exact) mass is 218 g/mol. The lowest BCUT2D eigenvalue weighted by molar-refractivity contribution is 0.290. The molecule has 0 atom stereocenters. The highest BCUT2D eigenvalue weighted by molar-refractivity contribution is 5.48. The molecule has 0 saturated heterocycles. The molecule has 0 heterocycles. The van der Waals surface area contributed by atoms with Crippen LogP contribution in [0.25, 0.3) is 0 Å². The Bertz CT molecular complexity index is 411. The second-order valence-corrected chi connectivity index (χ2v) is 3.77. The molecule has 1 N–H and O–H groups in total. The molecule has 0 spiro atoms. The van der Waals surface area contributed by atoms with Crippen LogP contribution in [-0.4, -0.2) is 18.8 Å². The van der Waals surface area contributed by atoms with Crippen molar-refractivity contribution < 1.29 is 9.84 Å². The van der Waals surface area contributed by atoms with Gasteiger partial charge in [0.15, 0.2) is 0 Å². The molecular formula is C14H18O2. The van der Waals surface area contributed by atoms with Gasteiger partial charge in [-0.3, -0.25) is 0 Å². The zero-order chi connectivity index (χ0) is 12.0. The van der Waals surface area contributed by atoms with Crippen molar-refractivity contribution in [3.63, 3.8) is 0 Å². The van der Waals surface area contributed by atoms with Crippen LogP contribution in [0.5, 0.6) is 5.75 Å². The number of aliphatic hydroxyl groups excluding tert-OH is 1. The maximum Gasteiger partial charge on any atom is 0.122 e. The molecular weight excluding hydrogens is 200 g/mol. The Labute approximate surface area is 97.3 Å². The number of methoxy groups -OCH3 is 1. The summed E-state index contributed by atoms with van der Waals surface area (Å²) in [7, 11) is 1.67. The van der Waals surface area contributed by atoms with Gasteiger partial charge in [0.05, 0.1) is 7.11 Å². The van der Waals surface area contributed by atoms with Gasteiger partial charge in [-0.15, -0.1) is 0 Å². The third-order valence-corrected chi connectivity index (χ3v) is 2.42. The third-order valence-electron chi connectivity index (χ3n) is 2.42. The Kier molecular flexibility index (Phi) is 4.88. The SMILES string of the molecule is COc1cc(C)c(C#CCCCO)cc1C. The molecule has 0 aliphatic heterocycles. The highest BCUT2D eigenvalue weighted by Gasteiger charge is 2.02. The Morgan fingerprint density at radius 2 is 2.00 bits per heavy atom. The first-order valence-corrected chi connectivity index (χ1v) is 5.44. The van der Waals surface area contributed by atoms with Crippen molar-refractivity contribution in [2.24, 2.45) is 0 Å². The van der Waals surface area contributed by atoms with Crippen LogP contribution in [0, 0.1) is 25.7 Å². The molecule has 86 valence electrons. The highest BCUT2D eigenvalue weighted by atomic mass is 16.5. The maximum absolute atomic E-state index is 8.65. The number of aryl methyl sites for hydroxylation is 2. The van der Waals surface area contributed by atoms with E-state index in [1.807, 2.05) is 26.0 Å². The molecule has 1 aromatic rings. The summed E-state index contributed by atoms with van der Waals surface area (Å²) >= 11 is 0. The minimum absolute atomic E-state index is 0.204. The van der Waals surface area contributed by atoms with E-state index in [9.17, 15) is 0 Å². The minimum Gasteiger partial charge on any atom is -0.496 e. The zero-order valence-corrected chi connectivity index (χ0v) is 10.1. The molecule has 2 heteroatoms. The van der Waals surface area contributed by atoms with E-state index in [0.29, 0.717) is 0 Å². The Morgan fingerprint density at radius 3 is 2.62 bits per heavy atom. The Balaban J connectivity index is 2.87. The molecule has 0 saturated carbocycles. The van der Waals surface area contributed by atoms with Gasteiger partial charge in [-0.05, 0) is 43.5 Å². The first-order chi connectivity index (χ1) is 7.69. The molecule has 1 aromatic carbocycles. The van der Waals surface area contributed by atoms with Crippen LogP contribution in [0.15, 0.2) is 12.1 Å². The van der Waals surface area contributed by atoms with E-state index < -0.39 is 0 Å². The Morgan fingerprint density at radius 1 is 1.25 bits per heavy atom. The van der Waals surface area contributed by atoms with Gasteiger partial charge in [0.25, 0.3) is 0 Å². The number of aliphatic hydroxyl groups is 1. The van der Waals surface area contributed by atoms with Crippen molar-refractivity contribution >= 4 is 0 Å². The lowest BCUT2D eigenvalue weighted by Gasteiger charge is -2.07. The van der Waals surface area contributed by atoms with Gasteiger partial charge in [0.2, 0.25) is 0 Å². The van der Waals surface area contributed by atoms with Crippen molar-refractivity contribution in [1.82, 2.24) is 0 Å². The number of ether oxygens (including phenoxy) is 1. The average Bonchev–Trinajstić information content (AvgIpc) is 2.28. The van der Waals surface area contributed by atoms with Crippen LogP contribution in [-0.2, 0) is 0 Å². The van der Waals surface area contributed by atoms with E-state index in [2.05, 4.69) is 11.8 Å². The fourth-order valence-electron chi connectivity index (χ4n) is 1.47. The molecule has 0 amide bonds. The lowest BCUT2D eigenvalue weighted by Crippen LogP contribution is -1.91. The maximum atomic E-state index is 8.65. The van der Waals surface area contributed by atoms with E-state index in [1.54, 1.807) is 7.11 Å². The summed E-state index contributed by atoms with van der Waals surface area (Å²) in [5, 5.41) is 8.65. The van der Waals surface area contributed by atoms with Crippen LogP contribution in [0.2, 0.25) is 0 Å². The van der Waals surface area contributed by atoms with Crippen molar-refractivity contribution in [3.8, 4) is 17.6 Å². The summed E-state index contributed by atoms with van der Waals surface area (Å²) in [6.07, 6.45) is 1.47. The van der Waals surface area contributed by atoms with Gasteiger partial charge >= 0.3 is 0 Å². The van der Waals surface area contributed by atoms with E-state index >= 15 is 0 Å². The molecule has 2 nitrogen and oxygen atoms in total.